The van der Waals surface area contributed by atoms with Gasteiger partial charge in [0.25, 0.3) is 0 Å². The first-order valence-electron chi connectivity index (χ1n) is 7.19. The number of anilines is 1. The fourth-order valence-electron chi connectivity index (χ4n) is 2.52. The minimum Gasteiger partial charge on any atom is -0.344 e. The minimum atomic E-state index is 0.898. The first-order valence-corrected chi connectivity index (χ1v) is 8.01. The molecule has 0 saturated heterocycles. The van der Waals surface area contributed by atoms with Crippen molar-refractivity contribution in [2.24, 2.45) is 7.05 Å². The summed E-state index contributed by atoms with van der Waals surface area (Å²) in [6, 6.07) is 8.54. The lowest BCUT2D eigenvalue weighted by molar-refractivity contribution is 0.769. The SMILES string of the molecule is CCN(Cc1ccccc1C)c1nc2c(s1)c(C)nn2C. The lowest BCUT2D eigenvalue weighted by Crippen LogP contribution is -2.22. The second-order valence-corrected chi connectivity index (χ2v) is 6.28. The summed E-state index contributed by atoms with van der Waals surface area (Å²) in [4.78, 5) is 7.10. The molecule has 0 bridgehead atoms. The highest BCUT2D eigenvalue weighted by molar-refractivity contribution is 7.22. The van der Waals surface area contributed by atoms with Gasteiger partial charge in [-0.15, -0.1) is 0 Å². The van der Waals surface area contributed by atoms with E-state index in [0.717, 1.165) is 29.6 Å². The lowest BCUT2D eigenvalue weighted by atomic mass is 10.1. The predicted molar refractivity (Wildman–Crippen MR) is 89.0 cm³/mol. The van der Waals surface area contributed by atoms with E-state index in [0.29, 0.717) is 0 Å². The minimum absolute atomic E-state index is 0.898. The molecule has 2 aromatic heterocycles. The van der Waals surface area contributed by atoms with Crippen LogP contribution in [0, 0.1) is 13.8 Å². The van der Waals surface area contributed by atoms with Gasteiger partial charge in [0, 0.05) is 20.1 Å². The van der Waals surface area contributed by atoms with E-state index in [4.69, 9.17) is 4.98 Å². The van der Waals surface area contributed by atoms with Crippen molar-refractivity contribution in [3.63, 3.8) is 0 Å². The summed E-state index contributed by atoms with van der Waals surface area (Å²) in [7, 11) is 1.95. The fraction of sp³-hybridized carbons (Fsp3) is 0.375. The average Bonchev–Trinajstić information content (AvgIpc) is 3.01. The smallest absolute Gasteiger partial charge is 0.188 e. The third-order valence-electron chi connectivity index (χ3n) is 3.81. The molecule has 21 heavy (non-hydrogen) atoms. The zero-order valence-corrected chi connectivity index (χ0v) is 13.7. The quantitative estimate of drug-likeness (QED) is 0.737. The Labute approximate surface area is 129 Å². The van der Waals surface area contributed by atoms with E-state index >= 15 is 0 Å². The molecule has 0 N–H and O–H groups in total. The number of hydrogen-bond acceptors (Lipinski definition) is 4. The van der Waals surface area contributed by atoms with Crippen molar-refractivity contribution in [3.8, 4) is 0 Å². The highest BCUT2D eigenvalue weighted by atomic mass is 32.1. The Bertz CT molecular complexity index is 737. The van der Waals surface area contributed by atoms with Gasteiger partial charge in [0.2, 0.25) is 0 Å². The van der Waals surface area contributed by atoms with E-state index in [1.807, 2.05) is 18.7 Å². The van der Waals surface area contributed by atoms with Crippen molar-refractivity contribution in [2.75, 3.05) is 11.4 Å². The van der Waals surface area contributed by atoms with Gasteiger partial charge in [-0.25, -0.2) is 9.67 Å². The molecule has 0 atom stereocenters. The Morgan fingerprint density at radius 2 is 2.00 bits per heavy atom. The van der Waals surface area contributed by atoms with Crippen LogP contribution in [-0.2, 0) is 13.6 Å². The number of hydrogen-bond donors (Lipinski definition) is 0. The molecular weight excluding hydrogens is 280 g/mol. The maximum Gasteiger partial charge on any atom is 0.188 e. The van der Waals surface area contributed by atoms with Gasteiger partial charge in [0.05, 0.1) is 10.4 Å². The molecule has 110 valence electrons. The summed E-state index contributed by atoms with van der Waals surface area (Å²) in [6.07, 6.45) is 0. The molecule has 0 aliphatic heterocycles. The zero-order chi connectivity index (χ0) is 15.0. The monoisotopic (exact) mass is 300 g/mol. The third-order valence-corrected chi connectivity index (χ3v) is 5.02. The normalized spacial score (nSPS) is 11.2. The molecule has 0 radical (unpaired) electrons. The summed E-state index contributed by atoms with van der Waals surface area (Å²) in [5, 5.41) is 5.50. The first-order chi connectivity index (χ1) is 10.1. The van der Waals surface area contributed by atoms with Gasteiger partial charge in [-0.3, -0.25) is 0 Å². The maximum atomic E-state index is 4.77. The van der Waals surface area contributed by atoms with Crippen LogP contribution in [0.1, 0.15) is 23.7 Å². The van der Waals surface area contributed by atoms with Gasteiger partial charge in [0.1, 0.15) is 0 Å². The van der Waals surface area contributed by atoms with E-state index in [-0.39, 0.29) is 0 Å². The summed E-state index contributed by atoms with van der Waals surface area (Å²) >= 11 is 1.73. The standard InChI is InChI=1S/C16H20N4S/c1-5-20(10-13-9-7-6-8-11(13)2)16-17-15-14(21-16)12(3)18-19(15)4/h6-9H,5,10H2,1-4H3. The van der Waals surface area contributed by atoms with E-state index < -0.39 is 0 Å². The molecule has 1 aromatic carbocycles. The second kappa shape index (κ2) is 5.48. The lowest BCUT2D eigenvalue weighted by Gasteiger charge is -2.20. The van der Waals surface area contributed by atoms with Crippen molar-refractivity contribution in [2.45, 2.75) is 27.3 Å². The number of nitrogens with zero attached hydrogens (tertiary/aromatic N) is 4. The van der Waals surface area contributed by atoms with Gasteiger partial charge < -0.3 is 4.90 Å². The van der Waals surface area contributed by atoms with Gasteiger partial charge >= 0.3 is 0 Å². The van der Waals surface area contributed by atoms with Crippen LogP contribution in [-0.4, -0.2) is 21.3 Å². The zero-order valence-electron chi connectivity index (χ0n) is 12.9. The van der Waals surface area contributed by atoms with Crippen LogP contribution in [0.2, 0.25) is 0 Å². The van der Waals surface area contributed by atoms with Crippen molar-refractivity contribution in [1.29, 1.82) is 0 Å². The van der Waals surface area contributed by atoms with Crippen molar-refractivity contribution in [1.82, 2.24) is 14.8 Å². The number of fused-ring (bicyclic) bond motifs is 1. The van der Waals surface area contributed by atoms with Crippen LogP contribution >= 0.6 is 11.3 Å². The summed E-state index contributed by atoms with van der Waals surface area (Å²) in [5.41, 5.74) is 4.72. The Hall–Kier alpha value is -1.88. The van der Waals surface area contributed by atoms with Gasteiger partial charge in [-0.05, 0) is 31.9 Å². The maximum absolute atomic E-state index is 4.77. The Kier molecular flexibility index (Phi) is 3.68. The molecule has 0 unspecified atom stereocenters. The fourth-order valence-corrected chi connectivity index (χ4v) is 3.61. The number of benzene rings is 1. The molecule has 0 amide bonds. The van der Waals surface area contributed by atoms with E-state index in [1.165, 1.54) is 15.8 Å². The van der Waals surface area contributed by atoms with Crippen LogP contribution in [0.5, 0.6) is 0 Å². The van der Waals surface area contributed by atoms with Crippen LogP contribution in [0.15, 0.2) is 24.3 Å². The topological polar surface area (TPSA) is 34.0 Å². The Morgan fingerprint density at radius 3 is 2.67 bits per heavy atom. The van der Waals surface area contributed by atoms with Crippen molar-refractivity contribution < 1.29 is 0 Å². The summed E-state index contributed by atoms with van der Waals surface area (Å²) < 4.78 is 3.06. The molecule has 0 fully saturated rings. The first kappa shape index (κ1) is 14.1. The average molecular weight is 300 g/mol. The Balaban J connectivity index is 1.95. The van der Waals surface area contributed by atoms with Gasteiger partial charge in [-0.1, -0.05) is 35.6 Å². The molecule has 0 aliphatic carbocycles. The van der Waals surface area contributed by atoms with Crippen LogP contribution in [0.4, 0.5) is 5.13 Å². The molecule has 2 heterocycles. The van der Waals surface area contributed by atoms with E-state index in [1.54, 1.807) is 11.3 Å². The molecule has 0 saturated carbocycles. The van der Waals surface area contributed by atoms with Crippen molar-refractivity contribution >= 4 is 26.8 Å². The molecule has 3 rings (SSSR count). The molecular formula is C16H20N4S. The second-order valence-electron chi connectivity index (χ2n) is 5.30. The van der Waals surface area contributed by atoms with Crippen molar-refractivity contribution in [3.05, 3.63) is 41.1 Å². The molecule has 0 aliphatic rings. The molecule has 3 aromatic rings. The van der Waals surface area contributed by atoms with Gasteiger partial charge in [-0.2, -0.15) is 5.10 Å². The van der Waals surface area contributed by atoms with Crippen LogP contribution < -0.4 is 4.90 Å². The van der Waals surface area contributed by atoms with Gasteiger partial charge in [0.15, 0.2) is 10.8 Å². The van der Waals surface area contributed by atoms with E-state index in [2.05, 4.69) is 48.1 Å². The largest absolute Gasteiger partial charge is 0.344 e. The number of thiazole rings is 1. The summed E-state index contributed by atoms with van der Waals surface area (Å²) in [6.45, 7) is 8.23. The molecule has 5 heteroatoms. The number of aromatic nitrogens is 3. The van der Waals surface area contributed by atoms with Crippen LogP contribution in [0.3, 0.4) is 0 Å². The summed E-state index contributed by atoms with van der Waals surface area (Å²) in [5.74, 6) is 0. The number of aryl methyl sites for hydroxylation is 3. The van der Waals surface area contributed by atoms with E-state index in [9.17, 15) is 0 Å². The van der Waals surface area contributed by atoms with Crippen LogP contribution in [0.25, 0.3) is 10.3 Å². The predicted octanol–water partition coefficient (Wildman–Crippen LogP) is 3.67. The number of rotatable bonds is 4. The molecule has 0 spiro atoms. The third kappa shape index (κ3) is 2.53. The Morgan fingerprint density at radius 1 is 1.24 bits per heavy atom. The highest BCUT2D eigenvalue weighted by Crippen LogP contribution is 2.31. The molecule has 4 nitrogen and oxygen atoms in total. The highest BCUT2D eigenvalue weighted by Gasteiger charge is 2.16.